The molecule has 1 heterocycles. The number of carbonyl (C=O) groups excluding carboxylic acids is 1. The van der Waals surface area contributed by atoms with Crippen molar-refractivity contribution in [2.45, 2.75) is 6.92 Å². The van der Waals surface area contributed by atoms with E-state index in [4.69, 9.17) is 18.6 Å². The van der Waals surface area contributed by atoms with Crippen LogP contribution in [0.2, 0.25) is 0 Å². The van der Waals surface area contributed by atoms with Crippen molar-refractivity contribution in [3.63, 3.8) is 0 Å². The number of benzene rings is 3. The highest BCUT2D eigenvalue weighted by molar-refractivity contribution is 6.05. The monoisotopic (exact) mass is 445 g/mol. The Hall–Kier alpha value is -4.26. The fourth-order valence-electron chi connectivity index (χ4n) is 3.44. The van der Waals surface area contributed by atoms with E-state index in [1.165, 1.54) is 20.3 Å². The molecule has 7 heteroatoms. The van der Waals surface area contributed by atoms with Crippen LogP contribution < -0.4 is 25.0 Å². The second-order valence-electron chi connectivity index (χ2n) is 7.17. The molecular formula is C26H23NO6. The molecule has 4 rings (SSSR count). The molecule has 0 aliphatic rings. The van der Waals surface area contributed by atoms with Gasteiger partial charge in [-0.2, -0.15) is 0 Å². The molecule has 7 nitrogen and oxygen atoms in total. The Bertz CT molecular complexity index is 1360. The number of carbonyl (C=O) groups is 1. The van der Waals surface area contributed by atoms with E-state index < -0.39 is 0 Å². The molecule has 0 unspecified atom stereocenters. The summed E-state index contributed by atoms with van der Waals surface area (Å²) in [6.07, 6.45) is 0. The van der Waals surface area contributed by atoms with Crippen LogP contribution in [0, 0.1) is 0 Å². The number of anilines is 1. The van der Waals surface area contributed by atoms with Gasteiger partial charge in [0.1, 0.15) is 17.1 Å². The third-order valence-electron chi connectivity index (χ3n) is 5.08. The first kappa shape index (κ1) is 22.0. The largest absolute Gasteiger partial charge is 0.494 e. The van der Waals surface area contributed by atoms with Crippen LogP contribution in [0.5, 0.6) is 17.2 Å². The normalized spacial score (nSPS) is 10.6. The van der Waals surface area contributed by atoms with Crippen molar-refractivity contribution >= 4 is 22.6 Å². The summed E-state index contributed by atoms with van der Waals surface area (Å²) in [7, 11) is 3.03. The van der Waals surface area contributed by atoms with Gasteiger partial charge in [-0.25, -0.2) is 0 Å². The second kappa shape index (κ2) is 9.48. The van der Waals surface area contributed by atoms with Crippen LogP contribution in [-0.2, 0) is 0 Å². The maximum absolute atomic E-state index is 12.8. The lowest BCUT2D eigenvalue weighted by molar-refractivity contribution is 0.102. The van der Waals surface area contributed by atoms with Crippen molar-refractivity contribution in [3.8, 4) is 28.6 Å². The molecule has 0 aliphatic heterocycles. The summed E-state index contributed by atoms with van der Waals surface area (Å²) >= 11 is 0. The average Bonchev–Trinajstić information content (AvgIpc) is 2.84. The lowest BCUT2D eigenvalue weighted by Crippen LogP contribution is -2.12. The van der Waals surface area contributed by atoms with Gasteiger partial charge in [-0.05, 0) is 67.6 Å². The predicted octanol–water partition coefficient (Wildman–Crippen LogP) is 5.13. The van der Waals surface area contributed by atoms with Crippen molar-refractivity contribution in [1.82, 2.24) is 0 Å². The SMILES string of the molecule is CCOc1ccc(-c2cc(=O)c3cc(NC(=O)c4ccc(OC)c(OC)c4)ccc3o2)cc1. The molecule has 0 bridgehead atoms. The number of amides is 1. The molecule has 0 fully saturated rings. The van der Waals surface area contributed by atoms with Gasteiger partial charge in [-0.1, -0.05) is 0 Å². The number of ether oxygens (including phenoxy) is 3. The predicted molar refractivity (Wildman–Crippen MR) is 127 cm³/mol. The Kier molecular flexibility index (Phi) is 6.31. The highest BCUT2D eigenvalue weighted by atomic mass is 16.5. The number of nitrogens with one attached hydrogen (secondary N) is 1. The minimum Gasteiger partial charge on any atom is -0.494 e. The number of hydrogen-bond acceptors (Lipinski definition) is 6. The van der Waals surface area contributed by atoms with E-state index in [1.807, 2.05) is 31.2 Å². The molecule has 3 aromatic carbocycles. The maximum Gasteiger partial charge on any atom is 0.255 e. The number of rotatable bonds is 7. The van der Waals surface area contributed by atoms with Crippen LogP contribution in [0.15, 0.2) is 75.9 Å². The highest BCUT2D eigenvalue weighted by Crippen LogP contribution is 2.29. The Morgan fingerprint density at radius 1 is 0.909 bits per heavy atom. The van der Waals surface area contributed by atoms with Crippen molar-refractivity contribution in [1.29, 1.82) is 0 Å². The zero-order valence-electron chi connectivity index (χ0n) is 18.5. The minimum atomic E-state index is -0.342. The van der Waals surface area contributed by atoms with E-state index in [9.17, 15) is 9.59 Å². The average molecular weight is 445 g/mol. The first-order valence-electron chi connectivity index (χ1n) is 10.4. The Morgan fingerprint density at radius 2 is 1.67 bits per heavy atom. The topological polar surface area (TPSA) is 87.0 Å². The Balaban J connectivity index is 1.59. The fourth-order valence-corrected chi connectivity index (χ4v) is 3.44. The molecule has 0 aliphatic carbocycles. The molecule has 168 valence electrons. The third-order valence-corrected chi connectivity index (χ3v) is 5.08. The number of hydrogen-bond donors (Lipinski definition) is 1. The summed E-state index contributed by atoms with van der Waals surface area (Å²) in [5.41, 5.74) is 1.86. The zero-order chi connectivity index (χ0) is 23.4. The molecule has 0 saturated carbocycles. The van der Waals surface area contributed by atoms with Crippen molar-refractivity contribution in [2.24, 2.45) is 0 Å². The first-order valence-corrected chi connectivity index (χ1v) is 10.4. The Morgan fingerprint density at radius 3 is 2.36 bits per heavy atom. The molecular weight excluding hydrogens is 422 g/mol. The van der Waals surface area contributed by atoms with E-state index in [2.05, 4.69) is 5.32 Å². The molecule has 0 atom stereocenters. The van der Waals surface area contributed by atoms with Gasteiger partial charge in [0, 0.05) is 22.9 Å². The molecule has 33 heavy (non-hydrogen) atoms. The summed E-state index contributed by atoms with van der Waals surface area (Å²) in [6.45, 7) is 2.50. The van der Waals surface area contributed by atoms with E-state index in [0.29, 0.717) is 46.1 Å². The van der Waals surface area contributed by atoms with Gasteiger partial charge in [-0.15, -0.1) is 0 Å². The maximum atomic E-state index is 12.8. The van der Waals surface area contributed by atoms with Crippen LogP contribution in [-0.4, -0.2) is 26.7 Å². The van der Waals surface area contributed by atoms with Crippen LogP contribution in [0.25, 0.3) is 22.3 Å². The fraction of sp³-hybridized carbons (Fsp3) is 0.154. The van der Waals surface area contributed by atoms with Gasteiger partial charge in [0.25, 0.3) is 5.91 Å². The van der Waals surface area contributed by atoms with Gasteiger partial charge in [0.2, 0.25) is 0 Å². The summed E-state index contributed by atoms with van der Waals surface area (Å²) in [5, 5.41) is 3.17. The van der Waals surface area contributed by atoms with Crippen LogP contribution in [0.3, 0.4) is 0 Å². The lowest BCUT2D eigenvalue weighted by atomic mass is 10.1. The molecule has 1 aromatic heterocycles. The highest BCUT2D eigenvalue weighted by Gasteiger charge is 2.13. The van der Waals surface area contributed by atoms with Crippen molar-refractivity contribution < 1.29 is 23.4 Å². The van der Waals surface area contributed by atoms with Gasteiger partial charge in [0.05, 0.1) is 26.2 Å². The van der Waals surface area contributed by atoms with Gasteiger partial charge in [-0.3, -0.25) is 9.59 Å². The van der Waals surface area contributed by atoms with Crippen molar-refractivity contribution in [3.05, 3.63) is 82.5 Å². The number of fused-ring (bicyclic) bond motifs is 1. The van der Waals surface area contributed by atoms with E-state index in [1.54, 1.807) is 36.4 Å². The van der Waals surface area contributed by atoms with Crippen LogP contribution >= 0.6 is 0 Å². The molecule has 0 radical (unpaired) electrons. The molecule has 1 amide bonds. The molecule has 0 saturated heterocycles. The summed E-state index contributed by atoms with van der Waals surface area (Å²) in [5.74, 6) is 1.84. The second-order valence-corrected chi connectivity index (χ2v) is 7.17. The van der Waals surface area contributed by atoms with E-state index in [0.717, 1.165) is 11.3 Å². The summed E-state index contributed by atoms with van der Waals surface area (Å²) in [4.78, 5) is 25.5. The van der Waals surface area contributed by atoms with Crippen LogP contribution in [0.4, 0.5) is 5.69 Å². The quantitative estimate of drug-likeness (QED) is 0.424. The van der Waals surface area contributed by atoms with E-state index >= 15 is 0 Å². The Labute approximate surface area is 190 Å². The minimum absolute atomic E-state index is 0.206. The van der Waals surface area contributed by atoms with Crippen molar-refractivity contribution in [2.75, 3.05) is 26.1 Å². The van der Waals surface area contributed by atoms with Gasteiger partial charge < -0.3 is 23.9 Å². The molecule has 1 N–H and O–H groups in total. The third kappa shape index (κ3) is 4.67. The smallest absolute Gasteiger partial charge is 0.255 e. The van der Waals surface area contributed by atoms with Crippen LogP contribution in [0.1, 0.15) is 17.3 Å². The number of methoxy groups -OCH3 is 2. The first-order chi connectivity index (χ1) is 16.0. The standard InChI is InChI=1S/C26H23NO6/c1-4-32-19-9-5-16(6-10-19)24-15-21(28)20-14-18(8-12-22(20)33-24)27-26(29)17-7-11-23(30-2)25(13-17)31-3/h5-15H,4H2,1-3H3,(H,27,29). The van der Waals surface area contributed by atoms with E-state index in [-0.39, 0.29) is 11.3 Å². The molecule has 0 spiro atoms. The zero-order valence-corrected chi connectivity index (χ0v) is 18.5. The summed E-state index contributed by atoms with van der Waals surface area (Å²) in [6, 6.07) is 18.6. The summed E-state index contributed by atoms with van der Waals surface area (Å²) < 4.78 is 21.8. The molecule has 4 aromatic rings. The lowest BCUT2D eigenvalue weighted by Gasteiger charge is -2.10. The van der Waals surface area contributed by atoms with Gasteiger partial charge in [0.15, 0.2) is 16.9 Å². The van der Waals surface area contributed by atoms with Gasteiger partial charge >= 0.3 is 0 Å².